The van der Waals surface area contributed by atoms with E-state index in [2.05, 4.69) is 37.7 Å². The van der Waals surface area contributed by atoms with Crippen LogP contribution in [0.2, 0.25) is 0 Å². The number of ether oxygens (including phenoxy) is 2. The Bertz CT molecular complexity index is 309. The summed E-state index contributed by atoms with van der Waals surface area (Å²) in [4.78, 5) is 9.00. The lowest BCUT2D eigenvalue weighted by atomic mass is 10.1. The van der Waals surface area contributed by atoms with Crippen molar-refractivity contribution in [2.24, 2.45) is 9.98 Å². The fourth-order valence-electron chi connectivity index (χ4n) is 1.79. The van der Waals surface area contributed by atoms with Crippen LogP contribution in [0.3, 0.4) is 0 Å². The van der Waals surface area contributed by atoms with Gasteiger partial charge in [0.1, 0.15) is 13.2 Å². The molecule has 0 fully saturated rings. The van der Waals surface area contributed by atoms with E-state index in [9.17, 15) is 0 Å². The summed E-state index contributed by atoms with van der Waals surface area (Å²) in [6.45, 7) is 9.67. The topological polar surface area (TPSA) is 43.2 Å². The summed E-state index contributed by atoms with van der Waals surface area (Å²) in [7, 11) is 0. The Balaban J connectivity index is 1.86. The Morgan fingerprint density at radius 1 is 0.875 bits per heavy atom. The van der Waals surface area contributed by atoms with Gasteiger partial charge < -0.3 is 9.47 Å². The monoisotopic (exact) mass is 224 g/mol. The zero-order valence-electron chi connectivity index (χ0n) is 10.5. The van der Waals surface area contributed by atoms with Crippen molar-refractivity contribution in [2.75, 3.05) is 13.2 Å². The molecule has 0 atom stereocenters. The van der Waals surface area contributed by atoms with Crippen molar-refractivity contribution in [3.63, 3.8) is 0 Å². The Kier molecular flexibility index (Phi) is 2.68. The van der Waals surface area contributed by atoms with Gasteiger partial charge in [0.2, 0.25) is 0 Å². The van der Waals surface area contributed by atoms with E-state index in [-0.39, 0.29) is 11.1 Å². The van der Waals surface area contributed by atoms with Crippen LogP contribution in [0.4, 0.5) is 0 Å². The van der Waals surface area contributed by atoms with Crippen molar-refractivity contribution in [3.05, 3.63) is 0 Å². The Labute approximate surface area is 96.8 Å². The molecule has 0 N–H and O–H groups in total. The summed E-state index contributed by atoms with van der Waals surface area (Å²) in [5.74, 6) is 1.67. The van der Waals surface area contributed by atoms with Crippen LogP contribution in [0, 0.1) is 0 Å². The van der Waals surface area contributed by atoms with Gasteiger partial charge in [-0.2, -0.15) is 0 Å². The fourth-order valence-corrected chi connectivity index (χ4v) is 1.79. The summed E-state index contributed by atoms with van der Waals surface area (Å²) in [6, 6.07) is 0. The first-order valence-electron chi connectivity index (χ1n) is 5.79. The predicted molar refractivity (Wildman–Crippen MR) is 64.2 cm³/mol. The van der Waals surface area contributed by atoms with E-state index in [4.69, 9.17) is 9.47 Å². The van der Waals surface area contributed by atoms with Crippen LogP contribution in [-0.2, 0) is 9.47 Å². The molecule has 0 amide bonds. The van der Waals surface area contributed by atoms with E-state index < -0.39 is 0 Å². The molecular weight excluding hydrogens is 204 g/mol. The average molecular weight is 224 g/mol. The molecule has 90 valence electrons. The zero-order valence-corrected chi connectivity index (χ0v) is 10.5. The highest BCUT2D eigenvalue weighted by Gasteiger charge is 2.28. The van der Waals surface area contributed by atoms with E-state index in [1.54, 1.807) is 0 Å². The van der Waals surface area contributed by atoms with Gasteiger partial charge >= 0.3 is 0 Å². The zero-order chi connectivity index (χ0) is 11.8. The van der Waals surface area contributed by atoms with Gasteiger partial charge in [-0.25, -0.2) is 9.98 Å². The van der Waals surface area contributed by atoms with E-state index >= 15 is 0 Å². The first kappa shape index (κ1) is 11.4. The lowest BCUT2D eigenvalue weighted by Crippen LogP contribution is -2.17. The molecule has 2 heterocycles. The maximum absolute atomic E-state index is 5.52. The second-order valence-corrected chi connectivity index (χ2v) is 5.71. The third-order valence-electron chi connectivity index (χ3n) is 2.59. The molecular formula is C12H20N2O2. The molecule has 0 aliphatic carbocycles. The summed E-state index contributed by atoms with van der Waals surface area (Å²) in [6.07, 6.45) is 1.58. The van der Waals surface area contributed by atoms with E-state index in [0.29, 0.717) is 13.2 Å². The summed E-state index contributed by atoms with van der Waals surface area (Å²) in [5, 5.41) is 0. The highest BCUT2D eigenvalue weighted by molar-refractivity contribution is 5.85. The van der Waals surface area contributed by atoms with E-state index in [1.807, 2.05) is 0 Å². The lowest BCUT2D eigenvalue weighted by molar-refractivity contribution is 0.267. The van der Waals surface area contributed by atoms with Gasteiger partial charge in [0.25, 0.3) is 0 Å². The summed E-state index contributed by atoms with van der Waals surface area (Å²) >= 11 is 0. The number of hydrogen-bond acceptors (Lipinski definition) is 4. The van der Waals surface area contributed by atoms with E-state index in [0.717, 1.165) is 24.6 Å². The van der Waals surface area contributed by atoms with Crippen molar-refractivity contribution in [1.82, 2.24) is 0 Å². The SMILES string of the molecule is CC1(C)COC(CCC2=NC(C)(C)CO2)=N1. The fraction of sp³-hybridized carbons (Fsp3) is 0.833. The van der Waals surface area contributed by atoms with Crippen molar-refractivity contribution in [1.29, 1.82) is 0 Å². The molecule has 0 aromatic heterocycles. The minimum Gasteiger partial charge on any atom is -0.478 e. The van der Waals surface area contributed by atoms with Crippen LogP contribution < -0.4 is 0 Å². The van der Waals surface area contributed by atoms with Crippen LogP contribution >= 0.6 is 0 Å². The molecule has 4 heteroatoms. The van der Waals surface area contributed by atoms with Gasteiger partial charge in [0.15, 0.2) is 11.8 Å². The van der Waals surface area contributed by atoms with Crippen molar-refractivity contribution in [2.45, 2.75) is 51.6 Å². The minimum absolute atomic E-state index is 0.0626. The molecule has 2 aliphatic rings. The van der Waals surface area contributed by atoms with Crippen molar-refractivity contribution >= 4 is 11.8 Å². The maximum atomic E-state index is 5.52. The first-order valence-corrected chi connectivity index (χ1v) is 5.79. The largest absolute Gasteiger partial charge is 0.478 e. The second-order valence-electron chi connectivity index (χ2n) is 5.71. The van der Waals surface area contributed by atoms with Crippen molar-refractivity contribution in [3.8, 4) is 0 Å². The molecule has 0 aromatic rings. The molecule has 0 saturated heterocycles. The number of nitrogens with zero attached hydrogens (tertiary/aromatic N) is 2. The summed E-state index contributed by atoms with van der Waals surface area (Å²) < 4.78 is 11.0. The van der Waals surface area contributed by atoms with Gasteiger partial charge in [-0.05, 0) is 27.7 Å². The average Bonchev–Trinajstić information content (AvgIpc) is 2.66. The molecule has 2 aliphatic heterocycles. The van der Waals surface area contributed by atoms with Gasteiger partial charge in [-0.15, -0.1) is 0 Å². The van der Waals surface area contributed by atoms with Crippen LogP contribution in [-0.4, -0.2) is 36.1 Å². The molecule has 16 heavy (non-hydrogen) atoms. The third kappa shape index (κ3) is 2.74. The Morgan fingerprint density at radius 2 is 1.25 bits per heavy atom. The highest BCUT2D eigenvalue weighted by Crippen LogP contribution is 2.22. The second kappa shape index (κ2) is 3.75. The number of hydrogen-bond donors (Lipinski definition) is 0. The lowest BCUT2D eigenvalue weighted by Gasteiger charge is -2.07. The van der Waals surface area contributed by atoms with Gasteiger partial charge in [0, 0.05) is 12.8 Å². The van der Waals surface area contributed by atoms with Crippen LogP contribution in [0.1, 0.15) is 40.5 Å². The third-order valence-corrected chi connectivity index (χ3v) is 2.59. The van der Waals surface area contributed by atoms with Crippen molar-refractivity contribution < 1.29 is 9.47 Å². The minimum atomic E-state index is -0.0626. The van der Waals surface area contributed by atoms with Gasteiger partial charge in [0.05, 0.1) is 11.1 Å². The van der Waals surface area contributed by atoms with Gasteiger partial charge in [-0.1, -0.05) is 0 Å². The van der Waals surface area contributed by atoms with Crippen LogP contribution in [0.25, 0.3) is 0 Å². The molecule has 0 spiro atoms. The molecule has 0 unspecified atom stereocenters. The normalized spacial score (nSPS) is 25.8. The molecule has 0 aromatic carbocycles. The predicted octanol–water partition coefficient (Wildman–Crippen LogP) is 2.18. The smallest absolute Gasteiger partial charge is 0.184 e. The molecule has 0 bridgehead atoms. The van der Waals surface area contributed by atoms with Crippen LogP contribution in [0.5, 0.6) is 0 Å². The maximum Gasteiger partial charge on any atom is 0.184 e. The van der Waals surface area contributed by atoms with Crippen LogP contribution in [0.15, 0.2) is 9.98 Å². The molecule has 0 radical (unpaired) electrons. The number of rotatable bonds is 3. The molecule has 0 saturated carbocycles. The van der Waals surface area contributed by atoms with Gasteiger partial charge in [-0.3, -0.25) is 0 Å². The molecule has 2 rings (SSSR count). The first-order chi connectivity index (χ1) is 7.36. The Hall–Kier alpha value is -1.06. The molecule has 4 nitrogen and oxygen atoms in total. The quantitative estimate of drug-likeness (QED) is 0.737. The Morgan fingerprint density at radius 3 is 1.50 bits per heavy atom. The van der Waals surface area contributed by atoms with E-state index in [1.165, 1.54) is 0 Å². The highest BCUT2D eigenvalue weighted by atomic mass is 16.5. The summed E-state index contributed by atoms with van der Waals surface area (Å²) in [5.41, 5.74) is -0.125. The number of aliphatic imine (C=N–C) groups is 2. The standard InChI is InChI=1S/C12H20N2O2/c1-11(2)7-15-9(13-11)5-6-10-14-12(3,4)8-16-10/h5-8H2,1-4H3.